The van der Waals surface area contributed by atoms with E-state index in [9.17, 15) is 4.79 Å². The van der Waals surface area contributed by atoms with Gasteiger partial charge in [-0.1, -0.05) is 6.07 Å². The molecule has 0 aromatic carbocycles. The van der Waals surface area contributed by atoms with Crippen LogP contribution in [0.15, 0.2) is 42.7 Å². The summed E-state index contributed by atoms with van der Waals surface area (Å²) in [5.41, 5.74) is 1.62. The van der Waals surface area contributed by atoms with E-state index in [-0.39, 0.29) is 5.91 Å². The maximum atomic E-state index is 12.9. The Morgan fingerprint density at radius 1 is 0.964 bits per heavy atom. The Balaban J connectivity index is 1.34. The van der Waals surface area contributed by atoms with Crippen LogP contribution in [0.3, 0.4) is 0 Å². The lowest BCUT2D eigenvalue weighted by molar-refractivity contribution is 0.0793. The maximum absolute atomic E-state index is 12.9. The van der Waals surface area contributed by atoms with Gasteiger partial charge in [0.2, 0.25) is 0 Å². The molecule has 7 heteroatoms. The minimum atomic E-state index is 0.117. The van der Waals surface area contributed by atoms with Gasteiger partial charge in [-0.25, -0.2) is 4.98 Å². The SMILES string of the molecule is O=C(c1cccnc1N1CCC(c2nnc3ccccn23)CC1)N1CCCC1. The molecular formula is C21H24N6O. The number of piperidine rings is 1. The molecule has 2 aliphatic heterocycles. The Morgan fingerprint density at radius 3 is 2.61 bits per heavy atom. The molecular weight excluding hydrogens is 352 g/mol. The predicted molar refractivity (Wildman–Crippen MR) is 107 cm³/mol. The summed E-state index contributed by atoms with van der Waals surface area (Å²) in [5, 5.41) is 8.72. The van der Waals surface area contributed by atoms with Crippen molar-refractivity contribution in [2.45, 2.75) is 31.6 Å². The van der Waals surface area contributed by atoms with Crippen molar-refractivity contribution >= 4 is 17.4 Å². The first-order valence-corrected chi connectivity index (χ1v) is 10.1. The van der Waals surface area contributed by atoms with E-state index in [4.69, 9.17) is 0 Å². The molecule has 5 rings (SSSR count). The van der Waals surface area contributed by atoms with Crippen LogP contribution < -0.4 is 4.90 Å². The van der Waals surface area contributed by atoms with Crippen LogP contribution in [0.2, 0.25) is 0 Å². The molecule has 3 aromatic heterocycles. The molecule has 2 saturated heterocycles. The third-order valence-corrected chi connectivity index (χ3v) is 5.91. The first kappa shape index (κ1) is 17.2. The lowest BCUT2D eigenvalue weighted by Crippen LogP contribution is -2.36. The van der Waals surface area contributed by atoms with E-state index in [0.29, 0.717) is 5.92 Å². The molecule has 0 radical (unpaired) electrons. The first-order valence-electron chi connectivity index (χ1n) is 10.1. The number of carbonyl (C=O) groups excluding carboxylic acids is 1. The summed E-state index contributed by atoms with van der Waals surface area (Å²) in [4.78, 5) is 21.7. The molecule has 5 heterocycles. The van der Waals surface area contributed by atoms with Gasteiger partial charge in [0, 0.05) is 44.5 Å². The number of pyridine rings is 2. The van der Waals surface area contributed by atoms with Crippen molar-refractivity contribution in [2.75, 3.05) is 31.1 Å². The van der Waals surface area contributed by atoms with Crippen LogP contribution in [0.25, 0.3) is 5.65 Å². The van der Waals surface area contributed by atoms with Gasteiger partial charge in [0.15, 0.2) is 5.65 Å². The molecule has 0 saturated carbocycles. The molecule has 0 atom stereocenters. The van der Waals surface area contributed by atoms with E-state index in [0.717, 1.165) is 74.7 Å². The number of amides is 1. The second-order valence-corrected chi connectivity index (χ2v) is 7.62. The van der Waals surface area contributed by atoms with Crippen LogP contribution in [-0.4, -0.2) is 56.6 Å². The highest BCUT2D eigenvalue weighted by molar-refractivity contribution is 5.99. The van der Waals surface area contributed by atoms with Crippen LogP contribution in [0, 0.1) is 0 Å². The van der Waals surface area contributed by atoms with E-state index in [1.165, 1.54) is 0 Å². The summed E-state index contributed by atoms with van der Waals surface area (Å²) in [6.07, 6.45) is 7.96. The van der Waals surface area contributed by atoms with Crippen molar-refractivity contribution < 1.29 is 4.79 Å². The highest BCUT2D eigenvalue weighted by atomic mass is 16.2. The topological polar surface area (TPSA) is 66.6 Å². The van der Waals surface area contributed by atoms with Gasteiger partial charge in [0.05, 0.1) is 5.56 Å². The fraction of sp³-hybridized carbons (Fsp3) is 0.429. The molecule has 2 fully saturated rings. The quantitative estimate of drug-likeness (QED) is 0.703. The van der Waals surface area contributed by atoms with Gasteiger partial charge >= 0.3 is 0 Å². The van der Waals surface area contributed by atoms with Crippen molar-refractivity contribution in [3.63, 3.8) is 0 Å². The fourth-order valence-corrected chi connectivity index (χ4v) is 4.39. The number of nitrogens with zero attached hydrogens (tertiary/aromatic N) is 6. The van der Waals surface area contributed by atoms with Crippen LogP contribution in [0.5, 0.6) is 0 Å². The third kappa shape index (κ3) is 3.00. The standard InChI is InChI=1S/C21H24N6O/c28-21(26-11-3-4-12-26)17-6-5-10-22-20(17)25-14-8-16(9-15-25)19-24-23-18-7-1-2-13-27(18)19/h1-2,5-7,10,13,16H,3-4,8-9,11-12,14-15H2. The summed E-state index contributed by atoms with van der Waals surface area (Å²) in [6, 6.07) is 9.76. The molecule has 0 spiro atoms. The van der Waals surface area contributed by atoms with E-state index >= 15 is 0 Å². The molecule has 0 N–H and O–H groups in total. The van der Waals surface area contributed by atoms with Crippen LogP contribution in [0.4, 0.5) is 5.82 Å². The minimum absolute atomic E-state index is 0.117. The van der Waals surface area contributed by atoms with Crippen molar-refractivity contribution in [3.8, 4) is 0 Å². The Bertz CT molecular complexity index is 985. The predicted octanol–water partition coefficient (Wildman–Crippen LogP) is 2.74. The normalized spacial score (nSPS) is 18.1. The number of hydrogen-bond donors (Lipinski definition) is 0. The molecule has 3 aromatic rings. The summed E-state index contributed by atoms with van der Waals surface area (Å²) in [7, 11) is 0. The maximum Gasteiger partial charge on any atom is 0.257 e. The van der Waals surface area contributed by atoms with Crippen molar-refractivity contribution in [1.29, 1.82) is 0 Å². The number of hydrogen-bond acceptors (Lipinski definition) is 5. The molecule has 0 aliphatic carbocycles. The Labute approximate surface area is 164 Å². The van der Waals surface area contributed by atoms with Crippen LogP contribution >= 0.6 is 0 Å². The highest BCUT2D eigenvalue weighted by Gasteiger charge is 2.29. The third-order valence-electron chi connectivity index (χ3n) is 5.91. The van der Waals surface area contributed by atoms with Gasteiger partial charge in [0.1, 0.15) is 11.6 Å². The first-order chi connectivity index (χ1) is 13.8. The zero-order chi connectivity index (χ0) is 18.9. The molecule has 1 amide bonds. The molecule has 0 bridgehead atoms. The molecule has 28 heavy (non-hydrogen) atoms. The number of carbonyl (C=O) groups is 1. The average molecular weight is 376 g/mol. The Hall–Kier alpha value is -2.96. The van der Waals surface area contributed by atoms with Gasteiger partial charge in [-0.2, -0.15) is 0 Å². The largest absolute Gasteiger partial charge is 0.356 e. The van der Waals surface area contributed by atoms with Crippen molar-refractivity contribution in [3.05, 3.63) is 54.1 Å². The summed E-state index contributed by atoms with van der Waals surface area (Å²) < 4.78 is 2.09. The summed E-state index contributed by atoms with van der Waals surface area (Å²) >= 11 is 0. The summed E-state index contributed by atoms with van der Waals surface area (Å²) in [6.45, 7) is 3.44. The van der Waals surface area contributed by atoms with Gasteiger partial charge in [0.25, 0.3) is 5.91 Å². The lowest BCUT2D eigenvalue weighted by atomic mass is 9.95. The fourth-order valence-electron chi connectivity index (χ4n) is 4.39. The number of anilines is 1. The number of rotatable bonds is 3. The van der Waals surface area contributed by atoms with Gasteiger partial charge < -0.3 is 9.80 Å². The van der Waals surface area contributed by atoms with Gasteiger partial charge in [-0.05, 0) is 49.9 Å². The number of aromatic nitrogens is 4. The van der Waals surface area contributed by atoms with Crippen molar-refractivity contribution in [1.82, 2.24) is 24.5 Å². The van der Waals surface area contributed by atoms with Gasteiger partial charge in [-0.15, -0.1) is 10.2 Å². The lowest BCUT2D eigenvalue weighted by Gasteiger charge is -2.33. The van der Waals surface area contributed by atoms with Gasteiger partial charge in [-0.3, -0.25) is 9.20 Å². The average Bonchev–Trinajstić information content (AvgIpc) is 3.44. The van der Waals surface area contributed by atoms with Crippen molar-refractivity contribution in [2.24, 2.45) is 0 Å². The Morgan fingerprint density at radius 2 is 1.79 bits per heavy atom. The monoisotopic (exact) mass is 376 g/mol. The second-order valence-electron chi connectivity index (χ2n) is 7.62. The molecule has 7 nitrogen and oxygen atoms in total. The van der Waals surface area contributed by atoms with E-state index in [1.54, 1.807) is 6.20 Å². The smallest absolute Gasteiger partial charge is 0.257 e. The zero-order valence-corrected chi connectivity index (χ0v) is 15.9. The minimum Gasteiger partial charge on any atom is -0.356 e. The summed E-state index contributed by atoms with van der Waals surface area (Å²) in [5.74, 6) is 2.34. The second kappa shape index (κ2) is 7.22. The molecule has 144 valence electrons. The molecule has 2 aliphatic rings. The highest BCUT2D eigenvalue weighted by Crippen LogP contribution is 2.31. The zero-order valence-electron chi connectivity index (χ0n) is 15.9. The number of likely N-dealkylation sites (tertiary alicyclic amines) is 1. The number of fused-ring (bicyclic) bond motifs is 1. The van der Waals surface area contributed by atoms with E-state index in [2.05, 4.69) is 24.5 Å². The molecule has 0 unspecified atom stereocenters. The van der Waals surface area contributed by atoms with Crippen LogP contribution in [0.1, 0.15) is 47.8 Å². The Kier molecular flexibility index (Phi) is 4.43. The van der Waals surface area contributed by atoms with Crippen LogP contribution in [-0.2, 0) is 0 Å². The van der Waals surface area contributed by atoms with E-state index in [1.807, 2.05) is 41.4 Å². The van der Waals surface area contributed by atoms with E-state index < -0.39 is 0 Å².